The molecule has 3 nitrogen and oxygen atoms in total. The molecule has 1 N–H and O–H groups in total. The first-order chi connectivity index (χ1) is 10.8. The summed E-state index contributed by atoms with van der Waals surface area (Å²) in [6.07, 6.45) is 6.30. The second-order valence-electron chi connectivity index (χ2n) is 5.52. The van der Waals surface area contributed by atoms with E-state index in [1.807, 2.05) is 45.9 Å². The zero-order valence-corrected chi connectivity index (χ0v) is 14.8. The molecule has 1 heterocycles. The third-order valence-electron chi connectivity index (χ3n) is 3.80. The first kappa shape index (κ1) is 17.5. The number of unbranched alkanes of at least 4 members (excludes halogenated alkanes) is 1. The Morgan fingerprint density at radius 3 is 2.82 bits per heavy atom. The number of ether oxygens (including phenoxy) is 1. The molecule has 1 atom stereocenters. The lowest BCUT2D eigenvalue weighted by Crippen LogP contribution is -2.25. The van der Waals surface area contributed by atoms with E-state index in [1.54, 1.807) is 7.11 Å². The molecule has 1 fully saturated rings. The normalized spacial score (nSPS) is 17.4. The molecule has 1 saturated heterocycles. The van der Waals surface area contributed by atoms with Crippen LogP contribution < -0.4 is 10.1 Å². The molecule has 0 aromatic heterocycles. The molecule has 1 aromatic carbocycles. The molecule has 0 aliphatic carbocycles. The van der Waals surface area contributed by atoms with Crippen LogP contribution in [0.4, 0.5) is 0 Å². The van der Waals surface area contributed by atoms with E-state index in [2.05, 4.69) is 5.32 Å². The van der Waals surface area contributed by atoms with Crippen molar-refractivity contribution in [3.8, 4) is 5.75 Å². The van der Waals surface area contributed by atoms with Crippen LogP contribution in [0, 0.1) is 0 Å². The first-order valence-electron chi connectivity index (χ1n) is 7.96. The number of nitrogens with one attached hydrogen (secondary N) is 1. The highest BCUT2D eigenvalue weighted by Crippen LogP contribution is 2.39. The number of rotatable bonds is 9. The van der Waals surface area contributed by atoms with Gasteiger partial charge >= 0.3 is 0 Å². The summed E-state index contributed by atoms with van der Waals surface area (Å²) in [5, 5.41) is 3.83. The number of methoxy groups -OCH3 is 1. The van der Waals surface area contributed by atoms with Gasteiger partial charge in [-0.05, 0) is 43.4 Å². The molecule has 1 amide bonds. The summed E-state index contributed by atoms with van der Waals surface area (Å²) in [5.41, 5.74) is 1.22. The van der Waals surface area contributed by atoms with Crippen LogP contribution >= 0.6 is 21.6 Å². The molecule has 2 rings (SSSR count). The van der Waals surface area contributed by atoms with E-state index in [4.69, 9.17) is 4.74 Å². The second-order valence-corrected chi connectivity index (χ2v) is 8.31. The zero-order chi connectivity index (χ0) is 15.6. The maximum Gasteiger partial charge on any atom is 0.220 e. The molecule has 122 valence electrons. The van der Waals surface area contributed by atoms with Crippen molar-refractivity contribution in [2.75, 3.05) is 19.4 Å². The van der Waals surface area contributed by atoms with Gasteiger partial charge in [0.25, 0.3) is 0 Å². The van der Waals surface area contributed by atoms with Crippen LogP contribution in [0.25, 0.3) is 0 Å². The van der Waals surface area contributed by atoms with Crippen LogP contribution in [0.5, 0.6) is 5.75 Å². The van der Waals surface area contributed by atoms with E-state index in [0.717, 1.165) is 23.8 Å². The van der Waals surface area contributed by atoms with Crippen molar-refractivity contribution >= 4 is 27.5 Å². The van der Waals surface area contributed by atoms with Crippen molar-refractivity contribution in [2.45, 2.75) is 43.8 Å². The smallest absolute Gasteiger partial charge is 0.220 e. The largest absolute Gasteiger partial charge is 0.497 e. The number of hydrogen-bond acceptors (Lipinski definition) is 4. The first-order valence-corrected chi connectivity index (χ1v) is 10.3. The standard InChI is InChI=1S/C17H25NO2S2/c1-20-15-8-6-14(7-9-15)10-12-18-17(19)5-3-2-4-16-11-13-21-22-16/h6-9,16H,2-5,10-13H2,1H3,(H,18,19)/t16-/m1/s1. The van der Waals surface area contributed by atoms with Crippen LogP contribution in [-0.2, 0) is 11.2 Å². The molecule has 0 saturated carbocycles. The van der Waals surface area contributed by atoms with Gasteiger partial charge in [-0.15, -0.1) is 0 Å². The van der Waals surface area contributed by atoms with Crippen molar-refractivity contribution in [1.29, 1.82) is 0 Å². The average Bonchev–Trinajstić information content (AvgIpc) is 3.06. The number of carbonyl (C=O) groups excluding carboxylic acids is 1. The van der Waals surface area contributed by atoms with Gasteiger partial charge in [-0.25, -0.2) is 0 Å². The fraction of sp³-hybridized carbons (Fsp3) is 0.588. The maximum atomic E-state index is 11.8. The molecule has 1 aliphatic heterocycles. The predicted octanol–water partition coefficient (Wildman–Crippen LogP) is 4.07. The molecule has 5 heteroatoms. The Balaban J connectivity index is 1.51. The molecule has 22 heavy (non-hydrogen) atoms. The van der Waals surface area contributed by atoms with Crippen LogP contribution in [0.1, 0.15) is 37.7 Å². The van der Waals surface area contributed by atoms with E-state index in [1.165, 1.54) is 30.6 Å². The third kappa shape index (κ3) is 6.53. The van der Waals surface area contributed by atoms with Gasteiger partial charge in [0, 0.05) is 24.0 Å². The average molecular weight is 340 g/mol. The summed E-state index contributed by atoms with van der Waals surface area (Å²) in [5.74, 6) is 2.34. The Morgan fingerprint density at radius 1 is 1.32 bits per heavy atom. The zero-order valence-electron chi connectivity index (χ0n) is 13.2. The van der Waals surface area contributed by atoms with Crippen molar-refractivity contribution in [3.63, 3.8) is 0 Å². The topological polar surface area (TPSA) is 38.3 Å². The van der Waals surface area contributed by atoms with Gasteiger partial charge in [-0.3, -0.25) is 4.79 Å². The van der Waals surface area contributed by atoms with Crippen LogP contribution in [0.2, 0.25) is 0 Å². The van der Waals surface area contributed by atoms with Crippen molar-refractivity contribution in [3.05, 3.63) is 29.8 Å². The number of amides is 1. The molecule has 0 bridgehead atoms. The van der Waals surface area contributed by atoms with Gasteiger partial charge in [0.2, 0.25) is 5.91 Å². The summed E-state index contributed by atoms with van der Waals surface area (Å²) in [4.78, 5) is 11.8. The second kappa shape index (κ2) is 10.1. The molecule has 1 aliphatic rings. The van der Waals surface area contributed by atoms with Crippen molar-refractivity contribution in [1.82, 2.24) is 5.32 Å². The Hall–Kier alpha value is -0.810. The molecular weight excluding hydrogens is 314 g/mol. The summed E-state index contributed by atoms with van der Waals surface area (Å²) in [6.45, 7) is 0.709. The Kier molecular flexibility index (Phi) is 8.02. The Morgan fingerprint density at radius 2 is 2.14 bits per heavy atom. The molecule has 0 radical (unpaired) electrons. The Bertz CT molecular complexity index is 444. The molecule has 0 spiro atoms. The highest BCUT2D eigenvalue weighted by molar-refractivity contribution is 8.77. The molecule has 1 aromatic rings. The van der Waals surface area contributed by atoms with E-state index in [9.17, 15) is 4.79 Å². The van der Waals surface area contributed by atoms with E-state index in [-0.39, 0.29) is 5.91 Å². The minimum Gasteiger partial charge on any atom is -0.497 e. The van der Waals surface area contributed by atoms with Crippen molar-refractivity contribution in [2.24, 2.45) is 0 Å². The number of hydrogen-bond donors (Lipinski definition) is 1. The van der Waals surface area contributed by atoms with Crippen LogP contribution in [0.3, 0.4) is 0 Å². The highest BCUT2D eigenvalue weighted by Gasteiger charge is 2.15. The minimum atomic E-state index is 0.182. The lowest BCUT2D eigenvalue weighted by atomic mass is 10.1. The van der Waals surface area contributed by atoms with Gasteiger partial charge in [0.1, 0.15) is 5.75 Å². The third-order valence-corrected chi connectivity index (χ3v) is 6.81. The summed E-state index contributed by atoms with van der Waals surface area (Å²) >= 11 is 0. The van der Waals surface area contributed by atoms with Gasteiger partial charge in [-0.1, -0.05) is 40.1 Å². The van der Waals surface area contributed by atoms with Crippen molar-refractivity contribution < 1.29 is 9.53 Å². The summed E-state index contributed by atoms with van der Waals surface area (Å²) in [6, 6.07) is 8.00. The van der Waals surface area contributed by atoms with E-state index < -0.39 is 0 Å². The SMILES string of the molecule is COc1ccc(CCNC(=O)CCCC[C@@H]2CCSS2)cc1. The number of benzene rings is 1. The van der Waals surface area contributed by atoms with E-state index >= 15 is 0 Å². The van der Waals surface area contributed by atoms with Gasteiger partial charge in [0.05, 0.1) is 7.11 Å². The summed E-state index contributed by atoms with van der Waals surface area (Å²) < 4.78 is 5.13. The van der Waals surface area contributed by atoms with E-state index in [0.29, 0.717) is 13.0 Å². The number of carbonyl (C=O) groups is 1. The van der Waals surface area contributed by atoms with Crippen LogP contribution in [-0.4, -0.2) is 30.6 Å². The summed E-state index contributed by atoms with van der Waals surface area (Å²) in [7, 11) is 5.68. The van der Waals surface area contributed by atoms with Gasteiger partial charge in [0.15, 0.2) is 0 Å². The fourth-order valence-electron chi connectivity index (χ4n) is 2.45. The fourth-order valence-corrected chi connectivity index (χ4v) is 5.48. The lowest BCUT2D eigenvalue weighted by Gasteiger charge is -2.08. The highest BCUT2D eigenvalue weighted by atomic mass is 33.1. The monoisotopic (exact) mass is 339 g/mol. The van der Waals surface area contributed by atoms with Crippen LogP contribution in [0.15, 0.2) is 24.3 Å². The lowest BCUT2D eigenvalue weighted by molar-refractivity contribution is -0.121. The molecular formula is C17H25NO2S2. The maximum absolute atomic E-state index is 11.8. The molecule has 0 unspecified atom stereocenters. The van der Waals surface area contributed by atoms with Gasteiger partial charge in [-0.2, -0.15) is 0 Å². The quantitative estimate of drug-likeness (QED) is 0.544. The Labute approximate surface area is 141 Å². The predicted molar refractivity (Wildman–Crippen MR) is 96.6 cm³/mol. The minimum absolute atomic E-state index is 0.182. The van der Waals surface area contributed by atoms with Gasteiger partial charge < -0.3 is 10.1 Å².